The van der Waals surface area contributed by atoms with E-state index in [0.717, 1.165) is 24.0 Å². The minimum atomic E-state index is -0.524. The normalized spacial score (nSPS) is 15.5. The second kappa shape index (κ2) is 9.95. The summed E-state index contributed by atoms with van der Waals surface area (Å²) in [7, 11) is 0. The van der Waals surface area contributed by atoms with Crippen LogP contribution >= 0.6 is 0 Å². The van der Waals surface area contributed by atoms with Gasteiger partial charge in [0.15, 0.2) is 0 Å². The predicted molar refractivity (Wildman–Crippen MR) is 129 cm³/mol. The number of carbonyl (C=O) groups excluding carboxylic acids is 2. The van der Waals surface area contributed by atoms with Crippen LogP contribution in [0.5, 0.6) is 0 Å². The van der Waals surface area contributed by atoms with Gasteiger partial charge in [-0.15, -0.1) is 0 Å². The molecule has 4 rings (SSSR count). The number of amides is 2. The number of piperazine rings is 1. The van der Waals surface area contributed by atoms with Crippen molar-refractivity contribution in [3.8, 4) is 0 Å². The number of nitrogens with zero attached hydrogens (tertiary/aromatic N) is 4. The zero-order valence-electron chi connectivity index (χ0n) is 19.1. The first-order valence-corrected chi connectivity index (χ1v) is 11.3. The molecule has 0 aliphatic carbocycles. The summed E-state index contributed by atoms with van der Waals surface area (Å²) >= 11 is 0. The van der Waals surface area contributed by atoms with Gasteiger partial charge in [0.05, 0.1) is 12.1 Å². The molecule has 3 N–H and O–H groups in total. The number of nitrogens with one attached hydrogen (secondary N) is 1. The molecule has 1 aliphatic rings. The Bertz CT molecular complexity index is 1130. The maximum absolute atomic E-state index is 12.7. The number of para-hydroxylation sites is 1. The molecule has 0 radical (unpaired) electrons. The van der Waals surface area contributed by atoms with Crippen LogP contribution in [0.4, 0.5) is 5.82 Å². The van der Waals surface area contributed by atoms with Gasteiger partial charge in [-0.25, -0.2) is 9.97 Å². The summed E-state index contributed by atoms with van der Waals surface area (Å²) in [5, 5.41) is 4.09. The van der Waals surface area contributed by atoms with Crippen LogP contribution in [0.2, 0.25) is 0 Å². The van der Waals surface area contributed by atoms with Gasteiger partial charge < -0.3 is 16.0 Å². The second-order valence-electron chi connectivity index (χ2n) is 8.71. The van der Waals surface area contributed by atoms with Gasteiger partial charge in [0.1, 0.15) is 17.7 Å². The maximum Gasteiger partial charge on any atom is 0.253 e. The third kappa shape index (κ3) is 5.28. The summed E-state index contributed by atoms with van der Waals surface area (Å²) in [6.45, 7) is 7.26. The van der Waals surface area contributed by atoms with Crippen molar-refractivity contribution in [3.63, 3.8) is 0 Å². The largest absolute Gasteiger partial charge is 0.368 e. The van der Waals surface area contributed by atoms with Crippen LogP contribution in [0.3, 0.4) is 0 Å². The van der Waals surface area contributed by atoms with Gasteiger partial charge in [-0.05, 0) is 30.2 Å². The molecule has 1 fully saturated rings. The molecule has 0 saturated carbocycles. The molecule has 8 nitrogen and oxygen atoms in total. The van der Waals surface area contributed by atoms with Crippen molar-refractivity contribution in [1.82, 2.24) is 19.8 Å². The quantitative estimate of drug-likeness (QED) is 0.578. The molecule has 2 amide bonds. The number of aromatic nitrogens is 2. The summed E-state index contributed by atoms with van der Waals surface area (Å²) < 4.78 is 0. The molecule has 172 valence electrons. The number of hydrogen-bond donors (Lipinski definition) is 2. The Kier molecular flexibility index (Phi) is 6.84. The number of fused-ring (bicyclic) bond motifs is 1. The number of hydrogen-bond acceptors (Lipinski definition) is 6. The standard InChI is InChI=1S/C25H30N6O2/c1-17(2)22(23(26)32)29-24-19-10-6-7-11-20(19)27-21(28-24)16-30-12-14-31(15-13-30)25(33)18-8-4-3-5-9-18/h3-11,17,22H,12-16H2,1-2H3,(H2,26,32)(H,27,28,29). The molecule has 1 aliphatic heterocycles. The summed E-state index contributed by atoms with van der Waals surface area (Å²) in [6.07, 6.45) is 0. The van der Waals surface area contributed by atoms with Crippen molar-refractivity contribution in [1.29, 1.82) is 0 Å². The summed E-state index contributed by atoms with van der Waals surface area (Å²) in [6, 6.07) is 16.6. The molecular formula is C25H30N6O2. The van der Waals surface area contributed by atoms with Gasteiger partial charge in [0.2, 0.25) is 5.91 Å². The Morgan fingerprint density at radius 1 is 0.970 bits per heavy atom. The van der Waals surface area contributed by atoms with Gasteiger partial charge in [-0.1, -0.05) is 44.2 Å². The Morgan fingerprint density at radius 2 is 1.64 bits per heavy atom. The molecule has 3 aromatic rings. The molecule has 8 heteroatoms. The molecular weight excluding hydrogens is 416 g/mol. The molecule has 0 bridgehead atoms. The number of anilines is 1. The van der Waals surface area contributed by atoms with Crippen LogP contribution in [0.1, 0.15) is 30.0 Å². The second-order valence-corrected chi connectivity index (χ2v) is 8.71. The predicted octanol–water partition coefficient (Wildman–Crippen LogP) is 2.51. The third-order valence-corrected chi connectivity index (χ3v) is 5.96. The van der Waals surface area contributed by atoms with Crippen molar-refractivity contribution in [2.24, 2.45) is 11.7 Å². The van der Waals surface area contributed by atoms with Crippen LogP contribution in [0, 0.1) is 5.92 Å². The maximum atomic E-state index is 12.7. The Labute approximate surface area is 193 Å². The van der Waals surface area contributed by atoms with E-state index < -0.39 is 11.9 Å². The molecule has 1 saturated heterocycles. The van der Waals surface area contributed by atoms with E-state index in [2.05, 4.69) is 10.2 Å². The highest BCUT2D eigenvalue weighted by Gasteiger charge is 2.24. The van der Waals surface area contributed by atoms with E-state index in [4.69, 9.17) is 15.7 Å². The lowest BCUT2D eigenvalue weighted by Gasteiger charge is -2.34. The SMILES string of the molecule is CC(C)C(Nc1nc(CN2CCN(C(=O)c3ccccc3)CC2)nc2ccccc12)C(N)=O. The lowest BCUT2D eigenvalue weighted by atomic mass is 10.0. The summed E-state index contributed by atoms with van der Waals surface area (Å²) in [5.41, 5.74) is 7.14. The fourth-order valence-electron chi connectivity index (χ4n) is 4.09. The van der Waals surface area contributed by atoms with E-state index in [-0.39, 0.29) is 11.8 Å². The number of rotatable bonds is 7. The minimum absolute atomic E-state index is 0.0231. The fourth-order valence-corrected chi connectivity index (χ4v) is 4.09. The van der Waals surface area contributed by atoms with Crippen LogP contribution in [0.15, 0.2) is 54.6 Å². The Balaban J connectivity index is 1.48. The van der Waals surface area contributed by atoms with E-state index in [1.54, 1.807) is 0 Å². The van der Waals surface area contributed by atoms with Gasteiger partial charge in [0.25, 0.3) is 5.91 Å². The van der Waals surface area contributed by atoms with E-state index in [0.29, 0.717) is 36.8 Å². The highest BCUT2D eigenvalue weighted by molar-refractivity contribution is 5.94. The van der Waals surface area contributed by atoms with Crippen LogP contribution in [-0.2, 0) is 11.3 Å². The van der Waals surface area contributed by atoms with E-state index in [9.17, 15) is 9.59 Å². The van der Waals surface area contributed by atoms with E-state index in [1.165, 1.54) is 0 Å². The van der Waals surface area contributed by atoms with Crippen LogP contribution in [-0.4, -0.2) is 63.8 Å². The first kappa shape index (κ1) is 22.7. The Morgan fingerprint density at radius 3 is 2.30 bits per heavy atom. The number of benzene rings is 2. The van der Waals surface area contributed by atoms with Gasteiger partial charge in [-0.3, -0.25) is 14.5 Å². The van der Waals surface area contributed by atoms with Gasteiger partial charge in [0, 0.05) is 37.1 Å². The molecule has 2 aromatic carbocycles. The third-order valence-electron chi connectivity index (χ3n) is 5.96. The van der Waals surface area contributed by atoms with Gasteiger partial charge >= 0.3 is 0 Å². The summed E-state index contributed by atoms with van der Waals surface area (Å²) in [5.74, 6) is 0.968. The minimum Gasteiger partial charge on any atom is -0.368 e. The molecule has 33 heavy (non-hydrogen) atoms. The average molecular weight is 447 g/mol. The lowest BCUT2D eigenvalue weighted by molar-refractivity contribution is -0.119. The summed E-state index contributed by atoms with van der Waals surface area (Å²) in [4.78, 5) is 38.3. The van der Waals surface area contributed by atoms with Gasteiger partial charge in [-0.2, -0.15) is 0 Å². The van der Waals surface area contributed by atoms with Crippen LogP contribution < -0.4 is 11.1 Å². The molecule has 0 spiro atoms. The topological polar surface area (TPSA) is 104 Å². The Hall–Kier alpha value is -3.52. The number of carbonyl (C=O) groups is 2. The first-order valence-electron chi connectivity index (χ1n) is 11.3. The van der Waals surface area contributed by atoms with Crippen molar-refractivity contribution in [2.45, 2.75) is 26.4 Å². The molecule has 1 atom stereocenters. The lowest BCUT2D eigenvalue weighted by Crippen LogP contribution is -2.48. The molecule has 2 heterocycles. The highest BCUT2D eigenvalue weighted by atomic mass is 16.2. The van der Waals surface area contributed by atoms with Crippen LogP contribution in [0.25, 0.3) is 10.9 Å². The van der Waals surface area contributed by atoms with Crippen molar-refractivity contribution in [2.75, 3.05) is 31.5 Å². The zero-order chi connectivity index (χ0) is 23.4. The smallest absolute Gasteiger partial charge is 0.253 e. The molecule has 1 unspecified atom stereocenters. The monoisotopic (exact) mass is 446 g/mol. The molecule has 1 aromatic heterocycles. The average Bonchev–Trinajstić information content (AvgIpc) is 2.82. The number of nitrogens with two attached hydrogens (primary N) is 1. The zero-order valence-corrected chi connectivity index (χ0v) is 19.1. The highest BCUT2D eigenvalue weighted by Crippen LogP contribution is 2.23. The van der Waals surface area contributed by atoms with Crippen molar-refractivity contribution >= 4 is 28.5 Å². The van der Waals surface area contributed by atoms with E-state index in [1.807, 2.05) is 73.3 Å². The number of primary amides is 1. The van der Waals surface area contributed by atoms with E-state index >= 15 is 0 Å². The first-order chi connectivity index (χ1) is 15.9. The van der Waals surface area contributed by atoms with Crippen molar-refractivity contribution < 1.29 is 9.59 Å². The fraction of sp³-hybridized carbons (Fsp3) is 0.360. The van der Waals surface area contributed by atoms with Crippen molar-refractivity contribution in [3.05, 3.63) is 66.0 Å².